The van der Waals surface area contributed by atoms with Gasteiger partial charge in [-0.25, -0.2) is 4.98 Å². The molecule has 0 amide bonds. The Morgan fingerprint density at radius 1 is 1.40 bits per heavy atom. The molecular formula is C17H22N2S. The molecule has 1 aromatic carbocycles. The molecule has 1 heterocycles. The molecule has 0 radical (unpaired) electrons. The Bertz CT molecular complexity index is 576. The minimum Gasteiger partial charge on any atom is -0.313 e. The maximum Gasteiger partial charge on any atom is 0.0943 e. The van der Waals surface area contributed by atoms with Crippen molar-refractivity contribution in [3.63, 3.8) is 0 Å². The van der Waals surface area contributed by atoms with E-state index in [0.29, 0.717) is 12.0 Å². The molecular weight excluding hydrogens is 264 g/mol. The van der Waals surface area contributed by atoms with E-state index in [9.17, 15) is 0 Å². The van der Waals surface area contributed by atoms with Crippen LogP contribution in [0.4, 0.5) is 0 Å². The van der Waals surface area contributed by atoms with Gasteiger partial charge in [-0.1, -0.05) is 31.2 Å². The van der Waals surface area contributed by atoms with Crippen LogP contribution in [-0.4, -0.2) is 17.6 Å². The van der Waals surface area contributed by atoms with E-state index in [2.05, 4.69) is 53.8 Å². The molecule has 3 rings (SSSR count). The predicted octanol–water partition coefficient (Wildman–Crippen LogP) is 3.70. The van der Waals surface area contributed by atoms with Crippen molar-refractivity contribution >= 4 is 11.3 Å². The van der Waals surface area contributed by atoms with Gasteiger partial charge in [-0.05, 0) is 37.4 Å². The number of aryl methyl sites for hydroxylation is 1. The number of hydrogen-bond donors (Lipinski definition) is 1. The highest BCUT2D eigenvalue weighted by atomic mass is 32.1. The fraction of sp³-hybridized carbons (Fsp3) is 0.471. The average Bonchev–Trinajstić information content (AvgIpc) is 2.82. The SMILES string of the molecule is CCCNC(Cc1nc(C)cs1)C1Cc2ccccc21. The first-order valence-electron chi connectivity index (χ1n) is 7.50. The number of hydrogen-bond acceptors (Lipinski definition) is 3. The number of aromatic nitrogens is 1. The van der Waals surface area contributed by atoms with Gasteiger partial charge < -0.3 is 5.32 Å². The van der Waals surface area contributed by atoms with Crippen molar-refractivity contribution in [1.82, 2.24) is 10.3 Å². The number of nitrogens with one attached hydrogen (secondary N) is 1. The summed E-state index contributed by atoms with van der Waals surface area (Å²) in [6.45, 7) is 5.40. The van der Waals surface area contributed by atoms with Crippen molar-refractivity contribution in [1.29, 1.82) is 0 Å². The van der Waals surface area contributed by atoms with E-state index in [0.717, 1.165) is 18.7 Å². The van der Waals surface area contributed by atoms with Crippen LogP contribution in [0.2, 0.25) is 0 Å². The lowest BCUT2D eigenvalue weighted by atomic mass is 9.72. The molecule has 2 unspecified atom stereocenters. The zero-order chi connectivity index (χ0) is 13.9. The van der Waals surface area contributed by atoms with Crippen molar-refractivity contribution in [3.8, 4) is 0 Å². The standard InChI is InChI=1S/C17H22N2S/c1-3-8-18-16(10-17-19-12(2)11-20-17)15-9-13-6-4-5-7-14(13)15/h4-7,11,15-16,18H,3,8-10H2,1-2H3. The normalized spacial score (nSPS) is 18.4. The van der Waals surface area contributed by atoms with Crippen molar-refractivity contribution in [2.45, 2.75) is 45.1 Å². The molecule has 1 aliphatic rings. The van der Waals surface area contributed by atoms with Crippen molar-refractivity contribution in [3.05, 3.63) is 51.5 Å². The van der Waals surface area contributed by atoms with E-state index in [1.807, 2.05) is 0 Å². The van der Waals surface area contributed by atoms with E-state index in [1.54, 1.807) is 11.3 Å². The zero-order valence-electron chi connectivity index (χ0n) is 12.2. The summed E-state index contributed by atoms with van der Waals surface area (Å²) in [7, 11) is 0. The second kappa shape index (κ2) is 6.06. The molecule has 1 aromatic heterocycles. The topological polar surface area (TPSA) is 24.9 Å². The van der Waals surface area contributed by atoms with Crippen LogP contribution in [0.5, 0.6) is 0 Å². The second-order valence-electron chi connectivity index (χ2n) is 5.66. The average molecular weight is 286 g/mol. The predicted molar refractivity (Wildman–Crippen MR) is 85.5 cm³/mol. The van der Waals surface area contributed by atoms with E-state index in [4.69, 9.17) is 0 Å². The van der Waals surface area contributed by atoms with E-state index >= 15 is 0 Å². The highest BCUT2D eigenvalue weighted by molar-refractivity contribution is 7.09. The van der Waals surface area contributed by atoms with Crippen LogP contribution in [0, 0.1) is 6.92 Å². The molecule has 20 heavy (non-hydrogen) atoms. The minimum absolute atomic E-state index is 0.524. The number of benzene rings is 1. The fourth-order valence-electron chi connectivity index (χ4n) is 3.03. The molecule has 2 aromatic rings. The summed E-state index contributed by atoms with van der Waals surface area (Å²) < 4.78 is 0. The summed E-state index contributed by atoms with van der Waals surface area (Å²) in [5.74, 6) is 0.655. The van der Waals surface area contributed by atoms with Gasteiger partial charge in [-0.3, -0.25) is 0 Å². The highest BCUT2D eigenvalue weighted by Crippen LogP contribution is 2.38. The van der Waals surface area contributed by atoms with E-state index in [1.165, 1.54) is 29.0 Å². The maximum atomic E-state index is 4.63. The Hall–Kier alpha value is -1.19. The number of thiazole rings is 1. The zero-order valence-corrected chi connectivity index (χ0v) is 13.0. The molecule has 106 valence electrons. The van der Waals surface area contributed by atoms with E-state index in [-0.39, 0.29) is 0 Å². The molecule has 2 atom stereocenters. The van der Waals surface area contributed by atoms with Gasteiger partial charge in [-0.15, -0.1) is 11.3 Å². The largest absolute Gasteiger partial charge is 0.313 e. The van der Waals surface area contributed by atoms with Gasteiger partial charge in [0.05, 0.1) is 5.01 Å². The fourth-order valence-corrected chi connectivity index (χ4v) is 3.86. The Kier molecular flexibility index (Phi) is 4.18. The van der Waals surface area contributed by atoms with Gasteiger partial charge in [0.15, 0.2) is 0 Å². The van der Waals surface area contributed by atoms with Crippen molar-refractivity contribution in [2.75, 3.05) is 6.54 Å². The maximum absolute atomic E-state index is 4.63. The van der Waals surface area contributed by atoms with Gasteiger partial charge in [-0.2, -0.15) is 0 Å². The van der Waals surface area contributed by atoms with Crippen LogP contribution in [0.3, 0.4) is 0 Å². The molecule has 0 spiro atoms. The second-order valence-corrected chi connectivity index (χ2v) is 6.60. The first-order valence-corrected chi connectivity index (χ1v) is 8.38. The number of nitrogens with zero attached hydrogens (tertiary/aromatic N) is 1. The van der Waals surface area contributed by atoms with Crippen LogP contribution in [-0.2, 0) is 12.8 Å². The third-order valence-corrected chi connectivity index (χ3v) is 5.09. The molecule has 1 N–H and O–H groups in total. The highest BCUT2D eigenvalue weighted by Gasteiger charge is 2.32. The third kappa shape index (κ3) is 2.79. The van der Waals surface area contributed by atoms with Gasteiger partial charge in [0.1, 0.15) is 0 Å². The van der Waals surface area contributed by atoms with Gasteiger partial charge in [0, 0.05) is 29.5 Å². The molecule has 0 aliphatic heterocycles. The van der Waals surface area contributed by atoms with Crippen molar-refractivity contribution < 1.29 is 0 Å². The Labute approximate surface area is 125 Å². The van der Waals surface area contributed by atoms with Gasteiger partial charge in [0.2, 0.25) is 0 Å². The lowest BCUT2D eigenvalue weighted by Gasteiger charge is -2.37. The summed E-state index contributed by atoms with van der Waals surface area (Å²) >= 11 is 1.79. The first kappa shape index (κ1) is 13.8. The summed E-state index contributed by atoms with van der Waals surface area (Å²) in [6, 6.07) is 9.38. The minimum atomic E-state index is 0.524. The smallest absolute Gasteiger partial charge is 0.0943 e. The summed E-state index contributed by atoms with van der Waals surface area (Å²) in [5.41, 5.74) is 4.21. The molecule has 0 saturated heterocycles. The Morgan fingerprint density at radius 3 is 2.95 bits per heavy atom. The van der Waals surface area contributed by atoms with Crippen LogP contribution >= 0.6 is 11.3 Å². The van der Waals surface area contributed by atoms with Crippen LogP contribution < -0.4 is 5.32 Å². The monoisotopic (exact) mass is 286 g/mol. The third-order valence-electron chi connectivity index (χ3n) is 4.10. The Balaban J connectivity index is 1.74. The Morgan fingerprint density at radius 2 is 2.25 bits per heavy atom. The van der Waals surface area contributed by atoms with Gasteiger partial charge >= 0.3 is 0 Å². The van der Waals surface area contributed by atoms with Crippen molar-refractivity contribution in [2.24, 2.45) is 0 Å². The number of fused-ring (bicyclic) bond motifs is 1. The number of rotatable bonds is 6. The van der Waals surface area contributed by atoms with Crippen LogP contribution in [0.15, 0.2) is 29.6 Å². The first-order chi connectivity index (χ1) is 9.78. The molecule has 2 nitrogen and oxygen atoms in total. The van der Waals surface area contributed by atoms with Gasteiger partial charge in [0.25, 0.3) is 0 Å². The summed E-state index contributed by atoms with van der Waals surface area (Å²) in [5, 5.41) is 7.15. The van der Waals surface area contributed by atoms with Crippen LogP contribution in [0.1, 0.15) is 41.1 Å². The molecule has 0 fully saturated rings. The molecule has 1 aliphatic carbocycles. The molecule has 0 bridgehead atoms. The molecule has 0 saturated carbocycles. The summed E-state index contributed by atoms with van der Waals surface area (Å²) in [6.07, 6.45) is 3.45. The lowest BCUT2D eigenvalue weighted by molar-refractivity contribution is 0.397. The summed E-state index contributed by atoms with van der Waals surface area (Å²) in [4.78, 5) is 4.63. The van der Waals surface area contributed by atoms with Crippen LogP contribution in [0.25, 0.3) is 0 Å². The quantitative estimate of drug-likeness (QED) is 0.876. The lowest BCUT2D eigenvalue weighted by Crippen LogP contribution is -2.41. The van der Waals surface area contributed by atoms with E-state index < -0.39 is 0 Å². The molecule has 3 heteroatoms.